The van der Waals surface area contributed by atoms with E-state index < -0.39 is 34.8 Å². The smallest absolute Gasteiger partial charge is 0.407 e. The van der Waals surface area contributed by atoms with Crippen molar-refractivity contribution in [2.45, 2.75) is 45.6 Å². The largest absolute Gasteiger partial charge is 0.444 e. The Hall–Kier alpha value is -2.65. The van der Waals surface area contributed by atoms with Gasteiger partial charge in [0.1, 0.15) is 5.60 Å². The monoisotopic (exact) mass is 358 g/mol. The van der Waals surface area contributed by atoms with E-state index >= 15 is 0 Å². The zero-order valence-electron chi connectivity index (χ0n) is 14.5. The van der Waals surface area contributed by atoms with Gasteiger partial charge in [-0.1, -0.05) is 0 Å². The normalized spacial score (nSPS) is 11.0. The third-order valence-electron chi connectivity index (χ3n) is 2.92. The molecule has 1 heterocycles. The predicted octanol–water partition coefficient (Wildman–Crippen LogP) is 0.928. The van der Waals surface area contributed by atoms with Crippen LogP contribution in [0.4, 0.5) is 14.0 Å². The van der Waals surface area contributed by atoms with Gasteiger partial charge in [0.05, 0.1) is 6.20 Å². The van der Waals surface area contributed by atoms with Crippen LogP contribution in [0.2, 0.25) is 0 Å². The number of unbranched alkanes of at least 4 members (excludes halogenated alkanes) is 2. The summed E-state index contributed by atoms with van der Waals surface area (Å²) < 4.78 is 18.6. The van der Waals surface area contributed by atoms with E-state index in [1.165, 1.54) is 0 Å². The average Bonchev–Trinajstić information content (AvgIpc) is 2.47. The molecular formula is C15H23FN4O5. The van der Waals surface area contributed by atoms with Crippen molar-refractivity contribution in [1.82, 2.24) is 20.2 Å². The molecule has 1 rings (SSSR count). The first-order valence-electron chi connectivity index (χ1n) is 7.86. The Kier molecular flexibility index (Phi) is 7.34. The fourth-order valence-electron chi connectivity index (χ4n) is 1.81. The Bertz CT molecular complexity index is 720. The number of aromatic nitrogens is 2. The molecule has 0 aliphatic rings. The van der Waals surface area contributed by atoms with Crippen molar-refractivity contribution >= 4 is 12.1 Å². The summed E-state index contributed by atoms with van der Waals surface area (Å²) >= 11 is 0. The van der Waals surface area contributed by atoms with Crippen molar-refractivity contribution in [3.8, 4) is 0 Å². The van der Waals surface area contributed by atoms with Gasteiger partial charge >= 0.3 is 17.8 Å². The molecule has 1 aromatic heterocycles. The van der Waals surface area contributed by atoms with Crippen LogP contribution < -0.4 is 21.9 Å². The second-order valence-corrected chi connectivity index (χ2v) is 6.33. The molecule has 0 bridgehead atoms. The fourth-order valence-corrected chi connectivity index (χ4v) is 1.81. The maximum absolute atomic E-state index is 13.1. The van der Waals surface area contributed by atoms with Crippen LogP contribution in [-0.2, 0) is 4.74 Å². The molecule has 0 saturated heterocycles. The number of halogens is 1. The van der Waals surface area contributed by atoms with Crippen LogP contribution in [0.25, 0.3) is 0 Å². The zero-order valence-corrected chi connectivity index (χ0v) is 14.5. The van der Waals surface area contributed by atoms with Gasteiger partial charge < -0.3 is 15.4 Å². The van der Waals surface area contributed by atoms with Crippen LogP contribution in [0.15, 0.2) is 15.8 Å². The van der Waals surface area contributed by atoms with Gasteiger partial charge in [0.25, 0.3) is 5.56 Å². The summed E-state index contributed by atoms with van der Waals surface area (Å²) in [6.45, 7) is 6.02. The maximum Gasteiger partial charge on any atom is 0.407 e. The number of hydrogen-bond donors (Lipinski definition) is 3. The number of carbonyl (C=O) groups excluding carboxylic acids is 2. The molecule has 0 atom stereocenters. The van der Waals surface area contributed by atoms with Crippen molar-refractivity contribution in [3.63, 3.8) is 0 Å². The SMILES string of the molecule is CC(C)(C)OC(=O)NCCCCCNC(=O)n1cc(F)c(=O)[nH]c1=O. The van der Waals surface area contributed by atoms with E-state index in [1.54, 1.807) is 25.8 Å². The number of aromatic amines is 1. The highest BCUT2D eigenvalue weighted by Gasteiger charge is 2.15. The van der Waals surface area contributed by atoms with Crippen LogP contribution in [0.3, 0.4) is 0 Å². The summed E-state index contributed by atoms with van der Waals surface area (Å²) in [5.41, 5.74) is -2.73. The van der Waals surface area contributed by atoms with Crippen molar-refractivity contribution in [2.75, 3.05) is 13.1 Å². The van der Waals surface area contributed by atoms with Crippen LogP contribution >= 0.6 is 0 Å². The molecule has 140 valence electrons. The van der Waals surface area contributed by atoms with E-state index in [4.69, 9.17) is 4.74 Å². The van der Waals surface area contributed by atoms with Crippen LogP contribution in [-0.4, -0.2) is 40.4 Å². The number of carbonyl (C=O) groups is 2. The van der Waals surface area contributed by atoms with E-state index in [0.717, 1.165) is 0 Å². The van der Waals surface area contributed by atoms with Gasteiger partial charge in [-0.15, -0.1) is 0 Å². The molecule has 0 aromatic carbocycles. The molecule has 0 aliphatic carbocycles. The molecule has 0 radical (unpaired) electrons. The molecule has 0 spiro atoms. The number of amides is 2. The molecule has 2 amide bonds. The highest BCUT2D eigenvalue weighted by molar-refractivity contribution is 5.76. The molecule has 0 aliphatic heterocycles. The second-order valence-electron chi connectivity index (χ2n) is 6.33. The summed E-state index contributed by atoms with van der Waals surface area (Å²) in [7, 11) is 0. The minimum Gasteiger partial charge on any atom is -0.444 e. The summed E-state index contributed by atoms with van der Waals surface area (Å²) in [6.07, 6.45) is 2.05. The minimum atomic E-state index is -1.22. The quantitative estimate of drug-likeness (QED) is 0.653. The zero-order chi connectivity index (χ0) is 19.0. The van der Waals surface area contributed by atoms with Crippen LogP contribution in [0.1, 0.15) is 40.0 Å². The second kappa shape index (κ2) is 9.00. The van der Waals surface area contributed by atoms with Crippen molar-refractivity contribution in [2.24, 2.45) is 0 Å². The molecule has 3 N–H and O–H groups in total. The van der Waals surface area contributed by atoms with E-state index in [0.29, 0.717) is 36.6 Å². The number of hydrogen-bond acceptors (Lipinski definition) is 5. The van der Waals surface area contributed by atoms with Crippen molar-refractivity contribution in [1.29, 1.82) is 0 Å². The molecule has 10 heteroatoms. The minimum absolute atomic E-state index is 0.262. The van der Waals surface area contributed by atoms with E-state index in [1.807, 2.05) is 0 Å². The average molecular weight is 358 g/mol. The molecular weight excluding hydrogens is 335 g/mol. The molecule has 0 unspecified atom stereocenters. The van der Waals surface area contributed by atoms with Crippen LogP contribution in [0, 0.1) is 5.82 Å². The fraction of sp³-hybridized carbons (Fsp3) is 0.600. The molecule has 1 aromatic rings. The third-order valence-corrected chi connectivity index (χ3v) is 2.92. The Labute approximate surface area is 143 Å². The van der Waals surface area contributed by atoms with Gasteiger partial charge in [0.15, 0.2) is 0 Å². The molecule has 9 nitrogen and oxygen atoms in total. The lowest BCUT2D eigenvalue weighted by Gasteiger charge is -2.19. The molecule has 25 heavy (non-hydrogen) atoms. The first-order chi connectivity index (χ1) is 11.6. The van der Waals surface area contributed by atoms with Gasteiger partial charge in [0.2, 0.25) is 5.82 Å². The Morgan fingerprint density at radius 2 is 1.76 bits per heavy atom. The number of ether oxygens (including phenoxy) is 1. The number of rotatable bonds is 6. The summed E-state index contributed by atoms with van der Waals surface area (Å²) in [5, 5.41) is 5.05. The summed E-state index contributed by atoms with van der Waals surface area (Å²) in [4.78, 5) is 47.1. The number of H-pyrrole nitrogens is 1. The first-order valence-corrected chi connectivity index (χ1v) is 7.86. The summed E-state index contributed by atoms with van der Waals surface area (Å²) in [6, 6.07) is -0.827. The molecule has 0 fully saturated rings. The Morgan fingerprint density at radius 3 is 2.36 bits per heavy atom. The third kappa shape index (κ3) is 7.64. The van der Waals surface area contributed by atoms with Gasteiger partial charge in [-0.05, 0) is 40.0 Å². The van der Waals surface area contributed by atoms with Gasteiger partial charge in [0, 0.05) is 13.1 Å². The highest BCUT2D eigenvalue weighted by atomic mass is 19.1. The highest BCUT2D eigenvalue weighted by Crippen LogP contribution is 2.06. The van der Waals surface area contributed by atoms with Crippen molar-refractivity contribution in [3.05, 3.63) is 32.9 Å². The topological polar surface area (TPSA) is 122 Å². The number of nitrogens with one attached hydrogen (secondary N) is 3. The van der Waals surface area contributed by atoms with Gasteiger partial charge in [-0.25, -0.2) is 19.0 Å². The standard InChI is InChI=1S/C15H23FN4O5/c1-15(2,3)25-14(24)18-8-6-4-5-7-17-12(22)20-9-10(16)11(21)19-13(20)23/h9H,4-8H2,1-3H3,(H,17,22)(H,18,24)(H,19,21,23). The van der Waals surface area contributed by atoms with E-state index in [-0.39, 0.29) is 6.54 Å². The number of alkyl carbamates (subject to hydrolysis) is 1. The lowest BCUT2D eigenvalue weighted by molar-refractivity contribution is 0.0527. The Morgan fingerprint density at radius 1 is 1.16 bits per heavy atom. The maximum atomic E-state index is 13.1. The lowest BCUT2D eigenvalue weighted by atomic mass is 10.2. The van der Waals surface area contributed by atoms with E-state index in [2.05, 4.69) is 10.6 Å². The molecule has 0 saturated carbocycles. The van der Waals surface area contributed by atoms with Gasteiger partial charge in [-0.2, -0.15) is 4.39 Å². The lowest BCUT2D eigenvalue weighted by Crippen LogP contribution is -2.40. The summed E-state index contributed by atoms with van der Waals surface area (Å²) in [5.74, 6) is -1.22. The first kappa shape index (κ1) is 20.4. The van der Waals surface area contributed by atoms with Crippen molar-refractivity contribution < 1.29 is 18.7 Å². The van der Waals surface area contributed by atoms with Gasteiger partial charge in [-0.3, -0.25) is 9.78 Å². The van der Waals surface area contributed by atoms with Crippen LogP contribution in [0.5, 0.6) is 0 Å². The Balaban J connectivity index is 2.23. The predicted molar refractivity (Wildman–Crippen MR) is 88.2 cm³/mol. The number of nitrogens with zero attached hydrogens (tertiary/aromatic N) is 1. The van der Waals surface area contributed by atoms with E-state index in [9.17, 15) is 23.6 Å².